The average molecular weight is 369 g/mol. The summed E-state index contributed by atoms with van der Waals surface area (Å²) in [5.74, 6) is 0.454. The van der Waals surface area contributed by atoms with Gasteiger partial charge in [-0.3, -0.25) is 4.79 Å². The molecular formula is C20H24FN5O. The molecule has 0 bridgehead atoms. The predicted octanol–water partition coefficient (Wildman–Crippen LogP) is 1.53. The maximum atomic E-state index is 14.1. The molecule has 1 aromatic carbocycles. The van der Waals surface area contributed by atoms with E-state index >= 15 is 0 Å². The molecule has 2 aliphatic heterocycles. The lowest BCUT2D eigenvalue weighted by Gasteiger charge is -2.43. The van der Waals surface area contributed by atoms with Gasteiger partial charge in [-0.15, -0.1) is 0 Å². The van der Waals surface area contributed by atoms with Crippen LogP contribution in [0.15, 0.2) is 42.7 Å². The van der Waals surface area contributed by atoms with Crippen LogP contribution in [-0.4, -0.2) is 48.1 Å². The van der Waals surface area contributed by atoms with Crippen LogP contribution in [0.1, 0.15) is 18.4 Å². The lowest BCUT2D eigenvalue weighted by atomic mass is 9.75. The van der Waals surface area contributed by atoms with Crippen LogP contribution in [0, 0.1) is 11.2 Å². The smallest absolute Gasteiger partial charge is 0.229 e. The Morgan fingerprint density at radius 1 is 1.26 bits per heavy atom. The molecule has 1 aromatic heterocycles. The quantitative estimate of drug-likeness (QED) is 0.837. The number of carbonyl (C=O) groups is 1. The Labute approximate surface area is 158 Å². The molecule has 2 fully saturated rings. The van der Waals surface area contributed by atoms with Crippen molar-refractivity contribution in [2.24, 2.45) is 5.41 Å². The summed E-state index contributed by atoms with van der Waals surface area (Å²) in [6.45, 7) is 2.73. The number of nitrogens with zero attached hydrogens (tertiary/aromatic N) is 3. The second kappa shape index (κ2) is 7.60. The van der Waals surface area contributed by atoms with Gasteiger partial charge < -0.3 is 15.5 Å². The highest BCUT2D eigenvalue weighted by Gasteiger charge is 2.45. The zero-order chi connectivity index (χ0) is 18.7. The third-order valence-corrected chi connectivity index (χ3v) is 5.49. The number of amides is 1. The third kappa shape index (κ3) is 3.78. The van der Waals surface area contributed by atoms with E-state index in [0.717, 1.165) is 19.4 Å². The first-order valence-corrected chi connectivity index (χ1v) is 9.43. The van der Waals surface area contributed by atoms with Crippen molar-refractivity contribution in [1.82, 2.24) is 20.6 Å². The monoisotopic (exact) mass is 369 g/mol. The van der Waals surface area contributed by atoms with Crippen LogP contribution in [0.3, 0.4) is 0 Å². The molecule has 3 heterocycles. The van der Waals surface area contributed by atoms with Gasteiger partial charge in [0.25, 0.3) is 0 Å². The van der Waals surface area contributed by atoms with Gasteiger partial charge in [0.1, 0.15) is 5.82 Å². The molecule has 2 aromatic rings. The Hall–Kier alpha value is -2.54. The lowest BCUT2D eigenvalue weighted by molar-refractivity contribution is -0.134. The number of halogens is 1. The van der Waals surface area contributed by atoms with E-state index in [1.165, 1.54) is 6.07 Å². The minimum atomic E-state index is -0.576. The fourth-order valence-electron chi connectivity index (χ4n) is 3.87. The van der Waals surface area contributed by atoms with E-state index in [1.807, 2.05) is 6.07 Å². The van der Waals surface area contributed by atoms with Crippen molar-refractivity contribution >= 4 is 11.9 Å². The summed E-state index contributed by atoms with van der Waals surface area (Å²) >= 11 is 0. The number of anilines is 1. The molecule has 4 rings (SSSR count). The summed E-state index contributed by atoms with van der Waals surface area (Å²) in [4.78, 5) is 23.8. The standard InChI is InChI=1S/C20H24FN5O/c21-17-7-2-1-5-15(17)11-20(13-22-14-20)18(27)25-16-6-3-10-26(12-16)19-23-8-4-9-24-19/h1-2,4-5,7-9,16,22H,3,6,10-14H2,(H,25,27). The van der Waals surface area contributed by atoms with Gasteiger partial charge in [-0.25, -0.2) is 14.4 Å². The highest BCUT2D eigenvalue weighted by molar-refractivity contribution is 5.85. The van der Waals surface area contributed by atoms with Gasteiger partial charge >= 0.3 is 0 Å². The second-order valence-electron chi connectivity index (χ2n) is 7.46. The molecule has 0 aliphatic carbocycles. The van der Waals surface area contributed by atoms with E-state index in [9.17, 15) is 9.18 Å². The normalized spacial score (nSPS) is 21.4. The van der Waals surface area contributed by atoms with Crippen LogP contribution < -0.4 is 15.5 Å². The van der Waals surface area contributed by atoms with E-state index in [4.69, 9.17) is 0 Å². The zero-order valence-electron chi connectivity index (χ0n) is 15.2. The first kappa shape index (κ1) is 17.9. The van der Waals surface area contributed by atoms with Crippen molar-refractivity contribution in [1.29, 1.82) is 0 Å². The van der Waals surface area contributed by atoms with Crippen molar-refractivity contribution < 1.29 is 9.18 Å². The van der Waals surface area contributed by atoms with Crippen LogP contribution in [-0.2, 0) is 11.2 Å². The highest BCUT2D eigenvalue weighted by Crippen LogP contribution is 2.30. The van der Waals surface area contributed by atoms with Gasteiger partial charge in [-0.2, -0.15) is 0 Å². The van der Waals surface area contributed by atoms with E-state index in [0.29, 0.717) is 37.6 Å². The van der Waals surface area contributed by atoms with Crippen molar-refractivity contribution in [2.75, 3.05) is 31.1 Å². The number of carbonyl (C=O) groups excluding carboxylic acids is 1. The van der Waals surface area contributed by atoms with Crippen molar-refractivity contribution in [3.8, 4) is 0 Å². The summed E-state index contributed by atoms with van der Waals surface area (Å²) in [6, 6.07) is 8.54. The van der Waals surface area contributed by atoms with E-state index in [-0.39, 0.29) is 17.8 Å². The molecule has 27 heavy (non-hydrogen) atoms. The van der Waals surface area contributed by atoms with E-state index in [1.54, 1.807) is 30.6 Å². The first-order chi connectivity index (χ1) is 13.2. The van der Waals surface area contributed by atoms with Gasteiger partial charge in [-0.1, -0.05) is 18.2 Å². The molecule has 7 heteroatoms. The fraction of sp³-hybridized carbons (Fsp3) is 0.450. The number of hydrogen-bond donors (Lipinski definition) is 2. The molecule has 2 aliphatic rings. The Kier molecular flexibility index (Phi) is 5.03. The molecule has 6 nitrogen and oxygen atoms in total. The van der Waals surface area contributed by atoms with Crippen LogP contribution in [0.25, 0.3) is 0 Å². The molecule has 0 radical (unpaired) electrons. The Morgan fingerprint density at radius 3 is 2.74 bits per heavy atom. The minimum Gasteiger partial charge on any atom is -0.351 e. The van der Waals surface area contributed by atoms with E-state index in [2.05, 4.69) is 25.5 Å². The Balaban J connectivity index is 1.42. The van der Waals surface area contributed by atoms with Gasteiger partial charge in [0.05, 0.1) is 5.41 Å². The molecule has 1 amide bonds. The largest absolute Gasteiger partial charge is 0.351 e. The SMILES string of the molecule is O=C(NC1CCCN(c2ncccn2)C1)C1(Cc2ccccc2F)CNC1. The van der Waals surface area contributed by atoms with Crippen LogP contribution in [0.2, 0.25) is 0 Å². The number of aromatic nitrogens is 2. The van der Waals surface area contributed by atoms with E-state index < -0.39 is 5.41 Å². The molecule has 2 saturated heterocycles. The van der Waals surface area contributed by atoms with Crippen molar-refractivity contribution in [3.63, 3.8) is 0 Å². The van der Waals surface area contributed by atoms with Gasteiger partial charge in [-0.05, 0) is 37.0 Å². The molecular weight excluding hydrogens is 345 g/mol. The Bertz CT molecular complexity index is 796. The topological polar surface area (TPSA) is 70.2 Å². The lowest BCUT2D eigenvalue weighted by Crippen LogP contribution is -2.64. The number of rotatable bonds is 5. The Morgan fingerprint density at radius 2 is 2.04 bits per heavy atom. The summed E-state index contributed by atoms with van der Waals surface area (Å²) in [5.41, 5.74) is 0.0189. The maximum Gasteiger partial charge on any atom is 0.229 e. The second-order valence-corrected chi connectivity index (χ2v) is 7.46. The van der Waals surface area contributed by atoms with Crippen LogP contribution in [0.4, 0.5) is 10.3 Å². The molecule has 0 spiro atoms. The maximum absolute atomic E-state index is 14.1. The van der Waals surface area contributed by atoms with Crippen molar-refractivity contribution in [3.05, 3.63) is 54.1 Å². The summed E-state index contributed by atoms with van der Waals surface area (Å²) in [7, 11) is 0. The molecule has 2 N–H and O–H groups in total. The van der Waals surface area contributed by atoms with Gasteiger partial charge in [0, 0.05) is 44.6 Å². The molecule has 1 atom stereocenters. The van der Waals surface area contributed by atoms with Gasteiger partial charge in [0.2, 0.25) is 11.9 Å². The predicted molar refractivity (Wildman–Crippen MR) is 101 cm³/mol. The first-order valence-electron chi connectivity index (χ1n) is 9.43. The molecule has 1 unspecified atom stereocenters. The van der Waals surface area contributed by atoms with Gasteiger partial charge in [0.15, 0.2) is 0 Å². The summed E-state index contributed by atoms with van der Waals surface area (Å²) < 4.78 is 14.1. The van der Waals surface area contributed by atoms with Crippen LogP contribution in [0.5, 0.6) is 0 Å². The fourth-order valence-corrected chi connectivity index (χ4v) is 3.87. The highest BCUT2D eigenvalue weighted by atomic mass is 19.1. The summed E-state index contributed by atoms with van der Waals surface area (Å²) in [5, 5.41) is 6.38. The molecule has 0 saturated carbocycles. The minimum absolute atomic E-state index is 0.00494. The number of nitrogens with one attached hydrogen (secondary N) is 2. The third-order valence-electron chi connectivity index (χ3n) is 5.49. The van der Waals surface area contributed by atoms with Crippen LogP contribution >= 0.6 is 0 Å². The zero-order valence-corrected chi connectivity index (χ0v) is 15.2. The van der Waals surface area contributed by atoms with Crippen molar-refractivity contribution in [2.45, 2.75) is 25.3 Å². The number of hydrogen-bond acceptors (Lipinski definition) is 5. The average Bonchev–Trinajstić information content (AvgIpc) is 2.67. The summed E-state index contributed by atoms with van der Waals surface area (Å²) in [6.07, 6.45) is 5.78. The number of benzene rings is 1. The number of piperidine rings is 1. The molecule has 142 valence electrons.